The van der Waals surface area contributed by atoms with Crippen molar-refractivity contribution in [1.82, 2.24) is 4.98 Å². The molecule has 2 atom stereocenters. The minimum absolute atomic E-state index is 0.0366. The summed E-state index contributed by atoms with van der Waals surface area (Å²) in [7, 11) is 0. The lowest BCUT2D eigenvalue weighted by atomic mass is 9.77. The molecule has 1 aliphatic heterocycles. The molecule has 1 aliphatic carbocycles. The van der Waals surface area contributed by atoms with E-state index in [1.807, 2.05) is 30.3 Å². The molecule has 0 saturated heterocycles. The number of anilines is 1. The normalized spacial score (nSPS) is 19.3. The Morgan fingerprint density at radius 1 is 0.756 bits per heavy atom. The van der Waals surface area contributed by atoms with Crippen molar-refractivity contribution in [2.45, 2.75) is 25.3 Å². The van der Waals surface area contributed by atoms with Crippen LogP contribution in [0.4, 0.5) is 5.13 Å². The van der Waals surface area contributed by atoms with Crippen LogP contribution in [0.15, 0.2) is 120 Å². The first-order valence-electron chi connectivity index (χ1n) is 13.9. The number of thiazole rings is 1. The molecule has 1 saturated carbocycles. The Kier molecular flexibility index (Phi) is 7.22. The van der Waals surface area contributed by atoms with Crippen molar-refractivity contribution in [3.8, 4) is 21.7 Å². The Bertz CT molecular complexity index is 1670. The van der Waals surface area contributed by atoms with E-state index < -0.39 is 0 Å². The van der Waals surface area contributed by atoms with Crippen molar-refractivity contribution >= 4 is 51.5 Å². The zero-order valence-electron chi connectivity index (χ0n) is 22.3. The molecule has 0 bridgehead atoms. The molecule has 2 aliphatic rings. The van der Waals surface area contributed by atoms with E-state index >= 15 is 0 Å². The molecule has 7 rings (SSSR count). The van der Waals surface area contributed by atoms with Crippen LogP contribution < -0.4 is 5.01 Å². The zero-order valence-corrected chi connectivity index (χ0v) is 24.6. The number of allylic oxidation sites excluding steroid dienone is 1. The molecule has 0 radical (unpaired) electrons. The SMILES string of the molecule is Clc1ccc(C=C2CCCC3C2=NN(c2nc(-c4ccccc4)c(-c4ccccc4)s2)C3c2ccc(Cl)cc2)cc1. The number of hydrogen-bond donors (Lipinski definition) is 0. The maximum atomic E-state index is 6.32. The average Bonchev–Trinajstić information content (AvgIpc) is 3.63. The summed E-state index contributed by atoms with van der Waals surface area (Å²) in [6, 6.07) is 37.3. The first-order chi connectivity index (χ1) is 20.1. The minimum Gasteiger partial charge on any atom is -0.231 e. The third kappa shape index (κ3) is 5.24. The van der Waals surface area contributed by atoms with Crippen LogP contribution in [0, 0.1) is 5.92 Å². The van der Waals surface area contributed by atoms with Crippen molar-refractivity contribution in [3.63, 3.8) is 0 Å². The second-order valence-electron chi connectivity index (χ2n) is 10.5. The lowest BCUT2D eigenvalue weighted by Gasteiger charge is -2.29. The van der Waals surface area contributed by atoms with Crippen LogP contribution in [0.25, 0.3) is 27.8 Å². The average molecular weight is 593 g/mol. The summed E-state index contributed by atoms with van der Waals surface area (Å²) in [5.41, 5.74) is 8.02. The Labute approximate surface area is 254 Å². The van der Waals surface area contributed by atoms with Crippen molar-refractivity contribution in [1.29, 1.82) is 0 Å². The fourth-order valence-corrected chi connectivity index (χ4v) is 7.23. The number of aromatic nitrogens is 1. The van der Waals surface area contributed by atoms with Gasteiger partial charge in [-0.25, -0.2) is 9.99 Å². The molecule has 0 N–H and O–H groups in total. The van der Waals surface area contributed by atoms with Gasteiger partial charge < -0.3 is 0 Å². The van der Waals surface area contributed by atoms with Crippen LogP contribution in [0.2, 0.25) is 10.0 Å². The van der Waals surface area contributed by atoms with Gasteiger partial charge in [0.1, 0.15) is 0 Å². The van der Waals surface area contributed by atoms with E-state index in [-0.39, 0.29) is 12.0 Å². The number of hydrogen-bond acceptors (Lipinski definition) is 4. The third-order valence-electron chi connectivity index (χ3n) is 7.82. The van der Waals surface area contributed by atoms with Crippen LogP contribution in [0.5, 0.6) is 0 Å². The number of halogens is 2. The fourth-order valence-electron chi connectivity index (χ4n) is 5.90. The topological polar surface area (TPSA) is 28.5 Å². The van der Waals surface area contributed by atoms with E-state index in [9.17, 15) is 0 Å². The largest absolute Gasteiger partial charge is 0.231 e. The van der Waals surface area contributed by atoms with Gasteiger partial charge in [0.15, 0.2) is 0 Å². The number of hydrazone groups is 1. The molecule has 1 fully saturated rings. The summed E-state index contributed by atoms with van der Waals surface area (Å²) < 4.78 is 0. The molecular weight excluding hydrogens is 565 g/mol. The summed E-state index contributed by atoms with van der Waals surface area (Å²) in [6.45, 7) is 0. The van der Waals surface area contributed by atoms with Crippen molar-refractivity contribution in [2.75, 3.05) is 5.01 Å². The maximum Gasteiger partial charge on any atom is 0.207 e. The van der Waals surface area contributed by atoms with E-state index in [0.717, 1.165) is 67.4 Å². The van der Waals surface area contributed by atoms with E-state index in [1.54, 1.807) is 11.3 Å². The molecular formula is C35H27Cl2N3S. The van der Waals surface area contributed by atoms with Crippen molar-refractivity contribution in [3.05, 3.63) is 136 Å². The Hall–Kier alpha value is -3.70. The van der Waals surface area contributed by atoms with Gasteiger partial charge in [0.05, 0.1) is 22.3 Å². The van der Waals surface area contributed by atoms with Crippen molar-refractivity contribution in [2.24, 2.45) is 11.0 Å². The number of benzene rings is 4. The Morgan fingerprint density at radius 3 is 2.07 bits per heavy atom. The second-order valence-corrected chi connectivity index (χ2v) is 12.3. The molecule has 4 aromatic carbocycles. The highest BCUT2D eigenvalue weighted by Crippen LogP contribution is 2.49. The van der Waals surface area contributed by atoms with Gasteiger partial charge in [0.25, 0.3) is 0 Å². The quantitative estimate of drug-likeness (QED) is 0.203. The zero-order chi connectivity index (χ0) is 27.8. The highest BCUT2D eigenvalue weighted by molar-refractivity contribution is 7.19. The monoisotopic (exact) mass is 591 g/mol. The van der Waals surface area contributed by atoms with E-state index in [2.05, 4.69) is 89.9 Å². The maximum absolute atomic E-state index is 6.32. The Balaban J connectivity index is 1.38. The van der Waals surface area contributed by atoms with Gasteiger partial charge in [-0.15, -0.1) is 0 Å². The van der Waals surface area contributed by atoms with Gasteiger partial charge in [-0.3, -0.25) is 0 Å². The molecule has 5 aromatic rings. The molecule has 0 spiro atoms. The third-order valence-corrected chi connectivity index (χ3v) is 9.42. The van der Waals surface area contributed by atoms with Gasteiger partial charge in [-0.1, -0.05) is 119 Å². The predicted octanol–water partition coefficient (Wildman–Crippen LogP) is 10.6. The number of rotatable bonds is 5. The summed E-state index contributed by atoms with van der Waals surface area (Å²) in [4.78, 5) is 6.43. The summed E-state index contributed by atoms with van der Waals surface area (Å²) in [5.74, 6) is 0.257. The summed E-state index contributed by atoms with van der Waals surface area (Å²) in [5, 5.41) is 9.92. The molecule has 41 heavy (non-hydrogen) atoms. The van der Waals surface area contributed by atoms with Gasteiger partial charge in [-0.2, -0.15) is 5.10 Å². The fraction of sp³-hybridized carbons (Fsp3) is 0.143. The molecule has 202 valence electrons. The Morgan fingerprint density at radius 2 is 1.39 bits per heavy atom. The van der Waals surface area contributed by atoms with Gasteiger partial charge >= 0.3 is 0 Å². The van der Waals surface area contributed by atoms with E-state index in [4.69, 9.17) is 33.3 Å². The molecule has 2 heterocycles. The van der Waals surface area contributed by atoms with E-state index in [0.29, 0.717) is 0 Å². The smallest absolute Gasteiger partial charge is 0.207 e. The van der Waals surface area contributed by atoms with Crippen LogP contribution in [0.3, 0.4) is 0 Å². The molecule has 6 heteroatoms. The minimum atomic E-state index is 0.0366. The first-order valence-corrected chi connectivity index (χ1v) is 15.4. The van der Waals surface area contributed by atoms with Crippen molar-refractivity contribution < 1.29 is 0 Å². The second kappa shape index (κ2) is 11.3. The van der Waals surface area contributed by atoms with Crippen LogP contribution in [0.1, 0.15) is 36.4 Å². The van der Waals surface area contributed by atoms with Crippen LogP contribution in [-0.4, -0.2) is 10.7 Å². The van der Waals surface area contributed by atoms with Crippen LogP contribution >= 0.6 is 34.5 Å². The highest BCUT2D eigenvalue weighted by atomic mass is 35.5. The predicted molar refractivity (Wildman–Crippen MR) is 174 cm³/mol. The molecule has 0 amide bonds. The number of nitrogens with zero attached hydrogens (tertiary/aromatic N) is 3. The lowest BCUT2D eigenvalue weighted by molar-refractivity contribution is 0.487. The first kappa shape index (κ1) is 26.2. The van der Waals surface area contributed by atoms with E-state index in [1.165, 1.54) is 11.1 Å². The van der Waals surface area contributed by atoms with Gasteiger partial charge in [0.2, 0.25) is 5.13 Å². The van der Waals surface area contributed by atoms with Gasteiger partial charge in [-0.05, 0) is 71.9 Å². The number of fused-ring (bicyclic) bond motifs is 1. The summed E-state index contributed by atoms with van der Waals surface area (Å²) in [6.07, 6.45) is 5.46. The van der Waals surface area contributed by atoms with Crippen LogP contribution in [-0.2, 0) is 0 Å². The molecule has 3 nitrogen and oxygen atoms in total. The van der Waals surface area contributed by atoms with Gasteiger partial charge in [0, 0.05) is 21.5 Å². The lowest BCUT2D eigenvalue weighted by Crippen LogP contribution is -2.28. The summed E-state index contributed by atoms with van der Waals surface area (Å²) >= 11 is 14.2. The molecule has 2 unspecified atom stereocenters. The molecule has 1 aromatic heterocycles. The highest BCUT2D eigenvalue weighted by Gasteiger charge is 2.43. The standard InChI is InChI=1S/C35H27Cl2N3S/c36-28-18-14-23(15-19-28)22-27-12-7-13-30-31(27)39-40(33(30)25-16-20-29(37)21-17-25)35-38-32(24-8-3-1-4-9-24)34(41-35)26-10-5-2-6-11-26/h1-6,8-11,14-22,30,33H,7,12-13H2.